The lowest BCUT2D eigenvalue weighted by Crippen LogP contribution is -2.30. The van der Waals surface area contributed by atoms with Gasteiger partial charge in [0.2, 0.25) is 5.03 Å². The van der Waals surface area contributed by atoms with Gasteiger partial charge >= 0.3 is 0 Å². The number of hydrogen-bond donors (Lipinski definition) is 1. The predicted octanol–water partition coefficient (Wildman–Crippen LogP) is 0.815. The lowest BCUT2D eigenvalue weighted by Gasteiger charge is -2.22. The van der Waals surface area contributed by atoms with Crippen molar-refractivity contribution >= 4 is 26.0 Å². The highest BCUT2D eigenvalue weighted by molar-refractivity contribution is 9.10. The molecule has 1 unspecified atom stereocenters. The molecular formula is C10H17BrN4O3S. The fourth-order valence-corrected chi connectivity index (χ4v) is 4.20. The standard InChI is InChI=1S/C10H17BrN4O3S/c1-15-10(9(11)13-14-15)19(16,17)12-6-5-8-4-2-3-7-18-8/h8,12H,2-7H2,1H3. The molecule has 0 aliphatic carbocycles. The molecule has 0 radical (unpaired) electrons. The van der Waals surface area contributed by atoms with E-state index in [1.54, 1.807) is 0 Å². The van der Waals surface area contributed by atoms with Crippen LogP contribution in [0.15, 0.2) is 9.63 Å². The van der Waals surface area contributed by atoms with Crippen LogP contribution in [0.5, 0.6) is 0 Å². The van der Waals surface area contributed by atoms with Crippen molar-refractivity contribution in [2.24, 2.45) is 7.05 Å². The van der Waals surface area contributed by atoms with E-state index in [4.69, 9.17) is 4.74 Å². The number of nitrogens with one attached hydrogen (secondary N) is 1. The molecule has 108 valence electrons. The quantitative estimate of drug-likeness (QED) is 0.847. The lowest BCUT2D eigenvalue weighted by molar-refractivity contribution is 0.0123. The maximum Gasteiger partial charge on any atom is 0.260 e. The highest BCUT2D eigenvalue weighted by Crippen LogP contribution is 2.18. The number of ether oxygens (including phenoxy) is 1. The Morgan fingerprint density at radius 3 is 2.89 bits per heavy atom. The number of rotatable bonds is 5. The number of nitrogens with zero attached hydrogens (tertiary/aromatic N) is 3. The van der Waals surface area contributed by atoms with Crippen molar-refractivity contribution in [2.45, 2.75) is 36.8 Å². The van der Waals surface area contributed by atoms with Crippen molar-refractivity contribution in [2.75, 3.05) is 13.2 Å². The van der Waals surface area contributed by atoms with E-state index in [-0.39, 0.29) is 15.7 Å². The topological polar surface area (TPSA) is 86.1 Å². The third kappa shape index (κ3) is 3.74. The van der Waals surface area contributed by atoms with Gasteiger partial charge < -0.3 is 4.74 Å². The molecule has 19 heavy (non-hydrogen) atoms. The third-order valence-electron chi connectivity index (χ3n) is 3.02. The third-order valence-corrected chi connectivity index (χ3v) is 5.37. The molecule has 0 bridgehead atoms. The molecule has 1 fully saturated rings. The Kier molecular flexibility index (Phi) is 4.93. The van der Waals surface area contributed by atoms with Crippen LogP contribution in [0.25, 0.3) is 0 Å². The predicted molar refractivity (Wildman–Crippen MR) is 72.1 cm³/mol. The normalized spacial score (nSPS) is 20.6. The van der Waals surface area contributed by atoms with Crippen molar-refractivity contribution in [1.29, 1.82) is 0 Å². The number of sulfonamides is 1. The Bertz CT molecular complexity index is 505. The number of aromatic nitrogens is 3. The van der Waals surface area contributed by atoms with Crippen LogP contribution in [0.4, 0.5) is 0 Å². The van der Waals surface area contributed by atoms with E-state index >= 15 is 0 Å². The summed E-state index contributed by atoms with van der Waals surface area (Å²) >= 11 is 3.08. The first-order valence-corrected chi connectivity index (χ1v) is 8.45. The van der Waals surface area contributed by atoms with Crippen LogP contribution in [0.3, 0.4) is 0 Å². The average Bonchev–Trinajstić information content (AvgIpc) is 2.70. The summed E-state index contributed by atoms with van der Waals surface area (Å²) in [6.07, 6.45) is 4.08. The Morgan fingerprint density at radius 2 is 2.32 bits per heavy atom. The molecule has 0 saturated carbocycles. The maximum atomic E-state index is 12.1. The monoisotopic (exact) mass is 352 g/mol. The van der Waals surface area contributed by atoms with Crippen LogP contribution < -0.4 is 4.72 Å². The Morgan fingerprint density at radius 1 is 1.53 bits per heavy atom. The van der Waals surface area contributed by atoms with Crippen LogP contribution in [-0.4, -0.2) is 42.7 Å². The van der Waals surface area contributed by atoms with Gasteiger partial charge in [-0.2, -0.15) is 0 Å². The van der Waals surface area contributed by atoms with Gasteiger partial charge in [0.25, 0.3) is 10.0 Å². The lowest BCUT2D eigenvalue weighted by atomic mass is 10.1. The van der Waals surface area contributed by atoms with E-state index in [0.717, 1.165) is 25.9 Å². The van der Waals surface area contributed by atoms with Crippen molar-refractivity contribution in [3.8, 4) is 0 Å². The van der Waals surface area contributed by atoms with Gasteiger partial charge in [-0.1, -0.05) is 5.21 Å². The minimum absolute atomic E-state index is 0.0389. The van der Waals surface area contributed by atoms with E-state index in [1.165, 1.54) is 11.7 Å². The molecular weight excluding hydrogens is 336 g/mol. The van der Waals surface area contributed by atoms with Gasteiger partial charge in [0, 0.05) is 20.2 Å². The summed E-state index contributed by atoms with van der Waals surface area (Å²) in [5, 5.41) is 7.36. The van der Waals surface area contributed by atoms with E-state index < -0.39 is 10.0 Å². The zero-order valence-electron chi connectivity index (χ0n) is 10.7. The fourth-order valence-electron chi connectivity index (χ4n) is 2.07. The second-order valence-corrected chi connectivity index (χ2v) is 6.92. The van der Waals surface area contributed by atoms with Crippen LogP contribution in [0, 0.1) is 0 Å². The maximum absolute atomic E-state index is 12.1. The van der Waals surface area contributed by atoms with Crippen LogP contribution in [0.2, 0.25) is 0 Å². The molecule has 0 spiro atoms. The largest absolute Gasteiger partial charge is 0.378 e. The van der Waals surface area contributed by atoms with Crippen LogP contribution in [0.1, 0.15) is 25.7 Å². The second-order valence-electron chi connectivity index (χ2n) is 4.48. The van der Waals surface area contributed by atoms with Gasteiger partial charge in [-0.3, -0.25) is 0 Å². The number of aryl methyl sites for hydroxylation is 1. The minimum atomic E-state index is -3.59. The second kappa shape index (κ2) is 6.29. The van der Waals surface area contributed by atoms with Gasteiger partial charge in [0.05, 0.1) is 6.10 Å². The first-order valence-electron chi connectivity index (χ1n) is 6.17. The summed E-state index contributed by atoms with van der Waals surface area (Å²) in [4.78, 5) is 0. The average molecular weight is 353 g/mol. The summed E-state index contributed by atoms with van der Waals surface area (Å²) in [6.45, 7) is 1.12. The summed E-state index contributed by atoms with van der Waals surface area (Å²) in [6, 6.07) is 0. The van der Waals surface area contributed by atoms with Gasteiger partial charge in [-0.05, 0) is 41.6 Å². The van der Waals surface area contributed by atoms with Crippen molar-refractivity contribution in [3.63, 3.8) is 0 Å². The number of hydrogen-bond acceptors (Lipinski definition) is 5. The van der Waals surface area contributed by atoms with Gasteiger partial charge in [-0.15, -0.1) is 5.10 Å². The first kappa shape index (κ1) is 14.9. The summed E-state index contributed by atoms with van der Waals surface area (Å²) in [5.41, 5.74) is 0. The molecule has 2 rings (SSSR count). The summed E-state index contributed by atoms with van der Waals surface area (Å²) in [5.74, 6) is 0. The van der Waals surface area contributed by atoms with Crippen molar-refractivity contribution in [1.82, 2.24) is 19.7 Å². The molecule has 0 aromatic carbocycles. The first-order chi connectivity index (χ1) is 9.00. The van der Waals surface area contributed by atoms with Crippen LogP contribution in [-0.2, 0) is 21.8 Å². The Labute approximate surface area is 120 Å². The highest BCUT2D eigenvalue weighted by atomic mass is 79.9. The zero-order chi connectivity index (χ0) is 13.9. The van der Waals surface area contributed by atoms with Gasteiger partial charge in [0.1, 0.15) is 0 Å². The molecule has 1 N–H and O–H groups in total. The van der Waals surface area contributed by atoms with E-state index in [1.807, 2.05) is 0 Å². The van der Waals surface area contributed by atoms with E-state index in [2.05, 4.69) is 31.0 Å². The SMILES string of the molecule is Cn1nnc(Br)c1S(=O)(=O)NCCC1CCCCO1. The molecule has 1 aromatic heterocycles. The number of halogens is 1. The van der Waals surface area contributed by atoms with Gasteiger partial charge in [0.15, 0.2) is 4.60 Å². The van der Waals surface area contributed by atoms with E-state index in [9.17, 15) is 8.42 Å². The minimum Gasteiger partial charge on any atom is -0.378 e. The van der Waals surface area contributed by atoms with Crippen molar-refractivity contribution in [3.05, 3.63) is 4.60 Å². The molecule has 9 heteroatoms. The molecule has 1 aromatic rings. The van der Waals surface area contributed by atoms with Gasteiger partial charge in [-0.25, -0.2) is 17.8 Å². The highest BCUT2D eigenvalue weighted by Gasteiger charge is 2.24. The molecule has 1 aliphatic heterocycles. The Hall–Kier alpha value is -0.510. The molecule has 1 atom stereocenters. The van der Waals surface area contributed by atoms with Crippen LogP contribution >= 0.6 is 15.9 Å². The molecule has 7 nitrogen and oxygen atoms in total. The smallest absolute Gasteiger partial charge is 0.260 e. The molecule has 1 saturated heterocycles. The fraction of sp³-hybridized carbons (Fsp3) is 0.800. The Balaban J connectivity index is 1.91. The summed E-state index contributed by atoms with van der Waals surface area (Å²) < 4.78 is 33.7. The zero-order valence-corrected chi connectivity index (χ0v) is 13.1. The van der Waals surface area contributed by atoms with E-state index in [0.29, 0.717) is 13.0 Å². The molecule has 0 amide bonds. The summed E-state index contributed by atoms with van der Waals surface area (Å²) in [7, 11) is -2.06. The molecule has 2 heterocycles. The van der Waals surface area contributed by atoms with Crippen molar-refractivity contribution < 1.29 is 13.2 Å². The molecule has 1 aliphatic rings.